The minimum absolute atomic E-state index is 0.145. The molecule has 0 saturated heterocycles. The van der Waals surface area contributed by atoms with Gasteiger partial charge in [-0.05, 0) is 37.5 Å². The molecule has 0 radical (unpaired) electrons. The molecule has 1 N–H and O–H groups in total. The highest BCUT2D eigenvalue weighted by molar-refractivity contribution is 7.89. The number of aliphatic hydroxyl groups excluding tert-OH is 1. The van der Waals surface area contributed by atoms with Crippen LogP contribution in [0.5, 0.6) is 0 Å². The Labute approximate surface area is 108 Å². The maximum atomic E-state index is 12.3. The van der Waals surface area contributed by atoms with E-state index >= 15 is 0 Å². The summed E-state index contributed by atoms with van der Waals surface area (Å²) in [4.78, 5) is 0.293. The first-order valence-electron chi connectivity index (χ1n) is 6.19. The van der Waals surface area contributed by atoms with Crippen molar-refractivity contribution < 1.29 is 13.5 Å². The van der Waals surface area contributed by atoms with Gasteiger partial charge in [0, 0.05) is 13.1 Å². The predicted molar refractivity (Wildman–Crippen MR) is 69.7 cm³/mol. The quantitative estimate of drug-likeness (QED) is 0.908. The van der Waals surface area contributed by atoms with Crippen LogP contribution >= 0.6 is 0 Å². The SMILES string of the molecule is CC(O)c1ccc(S(=O)(=O)N(C)C2CCC2)cc1. The van der Waals surface area contributed by atoms with E-state index in [1.54, 1.807) is 38.2 Å². The molecule has 2 rings (SSSR count). The van der Waals surface area contributed by atoms with E-state index in [-0.39, 0.29) is 6.04 Å². The third-order valence-electron chi connectivity index (χ3n) is 3.63. The Kier molecular flexibility index (Phi) is 3.75. The van der Waals surface area contributed by atoms with E-state index in [1.165, 1.54) is 4.31 Å². The van der Waals surface area contributed by atoms with Gasteiger partial charge in [-0.25, -0.2) is 8.42 Å². The topological polar surface area (TPSA) is 57.6 Å². The predicted octanol–water partition coefficient (Wildman–Crippen LogP) is 1.91. The van der Waals surface area contributed by atoms with Crippen molar-refractivity contribution in [1.82, 2.24) is 4.31 Å². The van der Waals surface area contributed by atoms with Crippen LogP contribution in [0.1, 0.15) is 37.9 Å². The van der Waals surface area contributed by atoms with Crippen LogP contribution in [0.4, 0.5) is 0 Å². The van der Waals surface area contributed by atoms with Crippen LogP contribution in [0.3, 0.4) is 0 Å². The first-order chi connectivity index (χ1) is 8.43. The second-order valence-corrected chi connectivity index (χ2v) is 6.85. The number of benzene rings is 1. The van der Waals surface area contributed by atoms with Crippen molar-refractivity contribution in [2.75, 3.05) is 7.05 Å². The van der Waals surface area contributed by atoms with Crippen molar-refractivity contribution in [3.05, 3.63) is 29.8 Å². The molecule has 4 nitrogen and oxygen atoms in total. The first-order valence-corrected chi connectivity index (χ1v) is 7.63. The molecule has 100 valence electrons. The molecule has 1 fully saturated rings. The minimum Gasteiger partial charge on any atom is -0.389 e. The van der Waals surface area contributed by atoms with Crippen molar-refractivity contribution in [3.8, 4) is 0 Å². The van der Waals surface area contributed by atoms with Crippen LogP contribution in [0, 0.1) is 0 Å². The van der Waals surface area contributed by atoms with Gasteiger partial charge in [0.15, 0.2) is 0 Å². The van der Waals surface area contributed by atoms with Crippen molar-refractivity contribution in [3.63, 3.8) is 0 Å². The van der Waals surface area contributed by atoms with Gasteiger partial charge in [-0.1, -0.05) is 18.6 Å². The maximum absolute atomic E-state index is 12.3. The fourth-order valence-corrected chi connectivity index (χ4v) is 3.45. The number of nitrogens with zero attached hydrogens (tertiary/aromatic N) is 1. The monoisotopic (exact) mass is 269 g/mol. The summed E-state index contributed by atoms with van der Waals surface area (Å²) in [6.07, 6.45) is 2.42. The number of hydrogen-bond acceptors (Lipinski definition) is 3. The van der Waals surface area contributed by atoms with Crippen molar-refractivity contribution >= 4 is 10.0 Å². The van der Waals surface area contributed by atoms with Gasteiger partial charge in [0.25, 0.3) is 0 Å². The van der Waals surface area contributed by atoms with Gasteiger partial charge in [-0.2, -0.15) is 4.31 Å². The highest BCUT2D eigenvalue weighted by Crippen LogP contribution is 2.28. The number of aliphatic hydroxyl groups is 1. The van der Waals surface area contributed by atoms with Crippen LogP contribution in [0.15, 0.2) is 29.2 Å². The summed E-state index contributed by atoms with van der Waals surface area (Å²) in [5.74, 6) is 0. The summed E-state index contributed by atoms with van der Waals surface area (Å²) in [5.41, 5.74) is 0.722. The third kappa shape index (κ3) is 2.43. The Morgan fingerprint density at radius 1 is 1.28 bits per heavy atom. The molecule has 5 heteroatoms. The number of sulfonamides is 1. The van der Waals surface area contributed by atoms with E-state index in [9.17, 15) is 13.5 Å². The van der Waals surface area contributed by atoms with Gasteiger partial charge in [0.1, 0.15) is 0 Å². The standard InChI is InChI=1S/C13H19NO3S/c1-10(15)11-6-8-13(9-7-11)18(16,17)14(2)12-4-3-5-12/h6-10,12,15H,3-5H2,1-2H3. The molecule has 1 saturated carbocycles. The Bertz CT molecular complexity index is 504. The lowest BCUT2D eigenvalue weighted by Crippen LogP contribution is -2.41. The zero-order chi connectivity index (χ0) is 13.3. The summed E-state index contributed by atoms with van der Waals surface area (Å²) in [7, 11) is -1.75. The minimum atomic E-state index is -3.39. The fourth-order valence-electron chi connectivity index (χ4n) is 2.03. The molecular formula is C13H19NO3S. The van der Waals surface area contributed by atoms with Gasteiger partial charge in [-0.15, -0.1) is 0 Å². The Balaban J connectivity index is 2.23. The Morgan fingerprint density at radius 2 is 1.83 bits per heavy atom. The van der Waals surface area contributed by atoms with Crippen LogP contribution in [-0.4, -0.2) is 30.9 Å². The molecule has 1 atom stereocenters. The summed E-state index contributed by atoms with van der Waals surface area (Å²) >= 11 is 0. The van der Waals surface area contributed by atoms with E-state index < -0.39 is 16.1 Å². The van der Waals surface area contributed by atoms with Crippen molar-refractivity contribution in [2.24, 2.45) is 0 Å². The molecule has 0 bridgehead atoms. The normalized spacial score (nSPS) is 18.7. The summed E-state index contributed by atoms with van der Waals surface area (Å²) in [6.45, 7) is 1.66. The second kappa shape index (κ2) is 4.99. The molecule has 0 spiro atoms. The van der Waals surface area contributed by atoms with Crippen molar-refractivity contribution in [1.29, 1.82) is 0 Å². The Morgan fingerprint density at radius 3 is 2.22 bits per heavy atom. The molecule has 0 heterocycles. The smallest absolute Gasteiger partial charge is 0.243 e. The molecular weight excluding hydrogens is 250 g/mol. The van der Waals surface area contributed by atoms with E-state index in [0.29, 0.717) is 4.90 Å². The average Bonchev–Trinajstić information content (AvgIpc) is 2.26. The average molecular weight is 269 g/mol. The molecule has 1 aliphatic rings. The first kappa shape index (κ1) is 13.5. The lowest BCUT2D eigenvalue weighted by atomic mass is 9.94. The van der Waals surface area contributed by atoms with E-state index in [1.807, 2.05) is 0 Å². The molecule has 0 aliphatic heterocycles. The fraction of sp³-hybridized carbons (Fsp3) is 0.538. The lowest BCUT2D eigenvalue weighted by Gasteiger charge is -2.33. The van der Waals surface area contributed by atoms with Crippen molar-refractivity contribution in [2.45, 2.75) is 43.2 Å². The van der Waals surface area contributed by atoms with Crippen LogP contribution in [0.2, 0.25) is 0 Å². The summed E-state index contributed by atoms with van der Waals surface area (Å²) in [6, 6.07) is 6.59. The van der Waals surface area contributed by atoms with Crippen LogP contribution < -0.4 is 0 Å². The second-order valence-electron chi connectivity index (χ2n) is 4.85. The number of hydrogen-bond donors (Lipinski definition) is 1. The zero-order valence-corrected chi connectivity index (χ0v) is 11.5. The van der Waals surface area contributed by atoms with Gasteiger partial charge in [-0.3, -0.25) is 0 Å². The highest BCUT2D eigenvalue weighted by Gasteiger charge is 2.31. The molecule has 1 aliphatic carbocycles. The van der Waals surface area contributed by atoms with E-state index in [0.717, 1.165) is 24.8 Å². The lowest BCUT2D eigenvalue weighted by molar-refractivity contribution is 0.199. The van der Waals surface area contributed by atoms with E-state index in [4.69, 9.17) is 0 Å². The van der Waals surface area contributed by atoms with Gasteiger partial charge in [0.2, 0.25) is 10.0 Å². The van der Waals surface area contributed by atoms with Crippen LogP contribution in [-0.2, 0) is 10.0 Å². The molecule has 1 aromatic carbocycles. The summed E-state index contributed by atoms with van der Waals surface area (Å²) < 4.78 is 26.1. The largest absolute Gasteiger partial charge is 0.389 e. The molecule has 0 amide bonds. The van der Waals surface area contributed by atoms with Crippen LogP contribution in [0.25, 0.3) is 0 Å². The molecule has 0 aromatic heterocycles. The highest BCUT2D eigenvalue weighted by atomic mass is 32.2. The molecule has 1 unspecified atom stereocenters. The molecule has 1 aromatic rings. The van der Waals surface area contributed by atoms with E-state index in [2.05, 4.69) is 0 Å². The number of rotatable bonds is 4. The Hall–Kier alpha value is -0.910. The van der Waals surface area contributed by atoms with Gasteiger partial charge < -0.3 is 5.11 Å². The zero-order valence-electron chi connectivity index (χ0n) is 10.7. The summed E-state index contributed by atoms with van der Waals surface area (Å²) in [5, 5.41) is 9.40. The third-order valence-corrected chi connectivity index (χ3v) is 5.55. The van der Waals surface area contributed by atoms with Gasteiger partial charge >= 0.3 is 0 Å². The maximum Gasteiger partial charge on any atom is 0.243 e. The van der Waals surface area contributed by atoms with Gasteiger partial charge in [0.05, 0.1) is 11.0 Å². The molecule has 18 heavy (non-hydrogen) atoms.